The third kappa shape index (κ3) is 3.82. The van der Waals surface area contributed by atoms with Gasteiger partial charge in [0.1, 0.15) is 0 Å². The molecule has 1 heterocycles. The van der Waals surface area contributed by atoms with Crippen molar-refractivity contribution in [3.05, 3.63) is 64.9 Å². The summed E-state index contributed by atoms with van der Waals surface area (Å²) in [5, 5.41) is 2.77. The highest BCUT2D eigenvalue weighted by molar-refractivity contribution is 9.10. The van der Waals surface area contributed by atoms with Crippen LogP contribution >= 0.6 is 15.9 Å². The van der Waals surface area contributed by atoms with Crippen LogP contribution < -0.4 is 5.32 Å². The smallest absolute Gasteiger partial charge is 0.248 e. The lowest BCUT2D eigenvalue weighted by molar-refractivity contribution is -0.111. The number of rotatable bonds is 3. The molecule has 0 aliphatic rings. The maximum Gasteiger partial charge on any atom is 0.248 e. The number of nitrogens with one attached hydrogen (secondary N) is 1. The van der Waals surface area contributed by atoms with Gasteiger partial charge in [0.05, 0.1) is 5.69 Å². The number of carbonyl (C=O) groups excluding carboxylic acids is 1. The molecule has 0 saturated heterocycles. The molecule has 90 valence electrons. The number of halogens is 1. The fourth-order valence-electron chi connectivity index (χ4n) is 1.35. The maximum absolute atomic E-state index is 11.6. The summed E-state index contributed by atoms with van der Waals surface area (Å²) in [5.41, 5.74) is 1.51. The average Bonchev–Trinajstić information content (AvgIpc) is 2.40. The van der Waals surface area contributed by atoms with Gasteiger partial charge < -0.3 is 5.32 Å². The third-order valence-corrected chi connectivity index (χ3v) is 2.73. The Morgan fingerprint density at radius 1 is 1.17 bits per heavy atom. The van der Waals surface area contributed by atoms with Gasteiger partial charge in [0.25, 0.3) is 0 Å². The number of pyridine rings is 1. The van der Waals surface area contributed by atoms with E-state index < -0.39 is 0 Å². The molecule has 18 heavy (non-hydrogen) atoms. The van der Waals surface area contributed by atoms with E-state index >= 15 is 0 Å². The third-order valence-electron chi connectivity index (χ3n) is 2.20. The monoisotopic (exact) mass is 302 g/mol. The van der Waals surface area contributed by atoms with Gasteiger partial charge in [-0.1, -0.05) is 22.0 Å². The van der Waals surface area contributed by atoms with Crippen LogP contribution in [-0.2, 0) is 4.79 Å². The zero-order chi connectivity index (χ0) is 12.8. The van der Waals surface area contributed by atoms with Gasteiger partial charge in [0, 0.05) is 22.4 Å². The molecule has 1 N–H and O–H groups in total. The molecule has 0 radical (unpaired) electrons. The number of hydrogen-bond acceptors (Lipinski definition) is 2. The molecule has 1 amide bonds. The lowest BCUT2D eigenvalue weighted by atomic mass is 10.3. The molecule has 1 aromatic heterocycles. The van der Waals surface area contributed by atoms with Crippen molar-refractivity contribution in [1.29, 1.82) is 0 Å². The van der Waals surface area contributed by atoms with E-state index in [2.05, 4.69) is 26.2 Å². The van der Waals surface area contributed by atoms with E-state index in [0.29, 0.717) is 0 Å². The molecular weight excluding hydrogens is 292 g/mol. The molecule has 0 bridgehead atoms. The summed E-state index contributed by atoms with van der Waals surface area (Å²) >= 11 is 3.34. The first-order chi connectivity index (χ1) is 8.74. The lowest BCUT2D eigenvalue weighted by Gasteiger charge is -2.01. The second kappa shape index (κ2) is 6.12. The van der Waals surface area contributed by atoms with E-state index in [9.17, 15) is 4.79 Å². The SMILES string of the molecule is O=C(/C=C/c1ccccn1)Nc1ccc(Br)cc1. The highest BCUT2D eigenvalue weighted by Crippen LogP contribution is 2.14. The van der Waals surface area contributed by atoms with E-state index in [4.69, 9.17) is 0 Å². The van der Waals surface area contributed by atoms with Crippen molar-refractivity contribution in [1.82, 2.24) is 4.98 Å². The number of anilines is 1. The summed E-state index contributed by atoms with van der Waals surface area (Å²) in [6.07, 6.45) is 4.82. The minimum absolute atomic E-state index is 0.178. The zero-order valence-electron chi connectivity index (χ0n) is 9.51. The Hall–Kier alpha value is -1.94. The molecular formula is C14H11BrN2O. The van der Waals surface area contributed by atoms with E-state index in [0.717, 1.165) is 15.9 Å². The molecule has 1 aromatic carbocycles. The summed E-state index contributed by atoms with van der Waals surface area (Å²) in [6.45, 7) is 0. The van der Waals surface area contributed by atoms with Crippen molar-refractivity contribution in [2.75, 3.05) is 5.32 Å². The molecule has 0 unspecified atom stereocenters. The second-order valence-electron chi connectivity index (χ2n) is 3.58. The normalized spacial score (nSPS) is 10.5. The van der Waals surface area contributed by atoms with Crippen molar-refractivity contribution in [2.24, 2.45) is 0 Å². The number of aromatic nitrogens is 1. The van der Waals surface area contributed by atoms with Crippen LogP contribution in [-0.4, -0.2) is 10.9 Å². The fraction of sp³-hybridized carbons (Fsp3) is 0. The van der Waals surface area contributed by atoms with Crippen molar-refractivity contribution in [2.45, 2.75) is 0 Å². The number of nitrogens with zero attached hydrogens (tertiary/aromatic N) is 1. The van der Waals surface area contributed by atoms with Crippen LogP contribution in [0.4, 0.5) is 5.69 Å². The summed E-state index contributed by atoms with van der Waals surface area (Å²) in [7, 11) is 0. The van der Waals surface area contributed by atoms with Gasteiger partial charge in [-0.05, 0) is 42.5 Å². The minimum atomic E-state index is -0.178. The number of carbonyl (C=O) groups is 1. The predicted octanol–water partition coefficient (Wildman–Crippen LogP) is 3.50. The predicted molar refractivity (Wildman–Crippen MR) is 76.0 cm³/mol. The number of amides is 1. The number of hydrogen-bond donors (Lipinski definition) is 1. The topological polar surface area (TPSA) is 42.0 Å². The highest BCUT2D eigenvalue weighted by atomic mass is 79.9. The maximum atomic E-state index is 11.6. The molecule has 0 atom stereocenters. The summed E-state index contributed by atoms with van der Waals surface area (Å²) < 4.78 is 0.976. The molecule has 4 heteroatoms. The quantitative estimate of drug-likeness (QED) is 0.882. The first kappa shape index (κ1) is 12.5. The summed E-state index contributed by atoms with van der Waals surface area (Å²) in [5.74, 6) is -0.178. The van der Waals surface area contributed by atoms with Gasteiger partial charge >= 0.3 is 0 Å². The highest BCUT2D eigenvalue weighted by Gasteiger charge is 1.97. The Kier molecular flexibility index (Phi) is 4.25. The average molecular weight is 303 g/mol. The summed E-state index contributed by atoms with van der Waals surface area (Å²) in [4.78, 5) is 15.7. The minimum Gasteiger partial charge on any atom is -0.323 e. The van der Waals surface area contributed by atoms with Crippen LogP contribution in [0.3, 0.4) is 0 Å². The van der Waals surface area contributed by atoms with Crippen LogP contribution in [0.2, 0.25) is 0 Å². The van der Waals surface area contributed by atoms with Gasteiger partial charge in [-0.15, -0.1) is 0 Å². The van der Waals surface area contributed by atoms with Crippen molar-refractivity contribution in [3.63, 3.8) is 0 Å². The molecule has 2 aromatic rings. The molecule has 0 fully saturated rings. The Morgan fingerprint density at radius 2 is 1.94 bits per heavy atom. The van der Waals surface area contributed by atoms with Crippen LogP contribution in [0.15, 0.2) is 59.2 Å². The molecule has 0 spiro atoms. The lowest BCUT2D eigenvalue weighted by Crippen LogP contribution is -2.07. The van der Waals surface area contributed by atoms with Gasteiger partial charge in [0.2, 0.25) is 5.91 Å². The van der Waals surface area contributed by atoms with Crippen molar-refractivity contribution >= 4 is 33.6 Å². The Balaban J connectivity index is 1.97. The first-order valence-electron chi connectivity index (χ1n) is 5.40. The molecule has 0 aliphatic carbocycles. The largest absolute Gasteiger partial charge is 0.323 e. The fourth-order valence-corrected chi connectivity index (χ4v) is 1.62. The Bertz CT molecular complexity index is 550. The molecule has 2 rings (SSSR count). The van der Waals surface area contributed by atoms with Gasteiger partial charge in [-0.25, -0.2) is 0 Å². The zero-order valence-corrected chi connectivity index (χ0v) is 11.1. The van der Waals surface area contributed by atoms with Crippen LogP contribution in [0.5, 0.6) is 0 Å². The number of benzene rings is 1. The van der Waals surface area contributed by atoms with Crippen molar-refractivity contribution in [3.8, 4) is 0 Å². The molecule has 0 aliphatic heterocycles. The van der Waals surface area contributed by atoms with Gasteiger partial charge in [-0.2, -0.15) is 0 Å². The standard InChI is InChI=1S/C14H11BrN2O/c15-11-4-6-13(7-5-11)17-14(18)9-8-12-3-1-2-10-16-12/h1-10H,(H,17,18)/b9-8+. The molecule has 3 nitrogen and oxygen atoms in total. The van der Waals surface area contributed by atoms with Gasteiger partial charge in [-0.3, -0.25) is 9.78 Å². The van der Waals surface area contributed by atoms with E-state index in [1.54, 1.807) is 12.3 Å². The van der Waals surface area contributed by atoms with Crippen LogP contribution in [0, 0.1) is 0 Å². The van der Waals surface area contributed by atoms with E-state index in [1.807, 2.05) is 42.5 Å². The van der Waals surface area contributed by atoms with Crippen LogP contribution in [0.25, 0.3) is 6.08 Å². The van der Waals surface area contributed by atoms with Crippen LogP contribution in [0.1, 0.15) is 5.69 Å². The summed E-state index contributed by atoms with van der Waals surface area (Å²) in [6, 6.07) is 12.9. The Labute approximate surface area is 114 Å². The van der Waals surface area contributed by atoms with E-state index in [-0.39, 0.29) is 5.91 Å². The van der Waals surface area contributed by atoms with E-state index in [1.165, 1.54) is 6.08 Å². The molecule has 0 saturated carbocycles. The Morgan fingerprint density at radius 3 is 2.61 bits per heavy atom. The first-order valence-corrected chi connectivity index (χ1v) is 6.19. The second-order valence-corrected chi connectivity index (χ2v) is 4.50. The van der Waals surface area contributed by atoms with Gasteiger partial charge in [0.15, 0.2) is 0 Å². The van der Waals surface area contributed by atoms with Crippen molar-refractivity contribution < 1.29 is 4.79 Å².